The van der Waals surface area contributed by atoms with Gasteiger partial charge < -0.3 is 0 Å². The third-order valence-electron chi connectivity index (χ3n) is 1.55. The van der Waals surface area contributed by atoms with Crippen LogP contribution in [-0.4, -0.2) is 0 Å². The van der Waals surface area contributed by atoms with E-state index in [2.05, 4.69) is 43.9 Å². The largest absolute Gasteiger partial charge is 0.102 e. The molecule has 52 valence electrons. The minimum absolute atomic E-state index is 0.411. The lowest BCUT2D eigenvalue weighted by Gasteiger charge is -1.94. The molecule has 1 unspecified atom stereocenters. The Morgan fingerprint density at radius 2 is 2.30 bits per heavy atom. The van der Waals surface area contributed by atoms with Gasteiger partial charge in [0.25, 0.3) is 0 Å². The van der Waals surface area contributed by atoms with Crippen LogP contribution >= 0.6 is 0 Å². The van der Waals surface area contributed by atoms with Crippen LogP contribution in [-0.2, 0) is 0 Å². The highest BCUT2D eigenvalue weighted by molar-refractivity contribution is 5.28. The number of rotatable bonds is 1. The summed E-state index contributed by atoms with van der Waals surface area (Å²) in [5.74, 6) is 0.411. The molecule has 0 N–H and O–H groups in total. The third-order valence-corrected chi connectivity index (χ3v) is 1.55. The van der Waals surface area contributed by atoms with Gasteiger partial charge in [-0.15, -0.1) is 6.58 Å². The molecule has 0 fully saturated rings. The standard InChI is InChI=1S/C10H12/c1-3-10-6-4-5-9(2)7-8-10/h3-8,10H,1H2,2H3. The summed E-state index contributed by atoms with van der Waals surface area (Å²) in [6.45, 7) is 5.82. The maximum Gasteiger partial charge on any atom is 0.0131 e. The van der Waals surface area contributed by atoms with Gasteiger partial charge in [-0.05, 0) is 6.92 Å². The fraction of sp³-hybridized carbons (Fsp3) is 0.200. The molecule has 0 radical (unpaired) electrons. The average molecular weight is 132 g/mol. The van der Waals surface area contributed by atoms with E-state index in [1.165, 1.54) is 5.57 Å². The highest BCUT2D eigenvalue weighted by atomic mass is 14.0. The summed E-state index contributed by atoms with van der Waals surface area (Å²) in [4.78, 5) is 0. The Labute approximate surface area is 62.3 Å². The van der Waals surface area contributed by atoms with Gasteiger partial charge in [0, 0.05) is 5.92 Å². The Hall–Kier alpha value is -1.04. The Morgan fingerprint density at radius 3 is 3.00 bits per heavy atom. The molecule has 0 aliphatic heterocycles. The van der Waals surface area contributed by atoms with Gasteiger partial charge in [0.05, 0.1) is 0 Å². The van der Waals surface area contributed by atoms with Gasteiger partial charge in [-0.25, -0.2) is 0 Å². The summed E-state index contributed by atoms with van der Waals surface area (Å²) in [7, 11) is 0. The first kappa shape index (κ1) is 7.07. The molecule has 0 spiro atoms. The van der Waals surface area contributed by atoms with E-state index in [1.54, 1.807) is 0 Å². The molecule has 0 nitrogen and oxygen atoms in total. The van der Waals surface area contributed by atoms with Gasteiger partial charge >= 0.3 is 0 Å². The van der Waals surface area contributed by atoms with Gasteiger partial charge in [0.2, 0.25) is 0 Å². The van der Waals surface area contributed by atoms with Gasteiger partial charge in [-0.2, -0.15) is 0 Å². The minimum atomic E-state index is 0.411. The molecule has 1 aliphatic rings. The lowest BCUT2D eigenvalue weighted by molar-refractivity contribution is 1.08. The molecule has 1 rings (SSSR count). The molecule has 0 aromatic rings. The zero-order valence-electron chi connectivity index (χ0n) is 6.25. The van der Waals surface area contributed by atoms with Crippen molar-refractivity contribution in [3.8, 4) is 0 Å². The average Bonchev–Trinajstić information content (AvgIpc) is 2.14. The Morgan fingerprint density at radius 1 is 1.50 bits per heavy atom. The van der Waals surface area contributed by atoms with Crippen LogP contribution in [0.3, 0.4) is 0 Å². The van der Waals surface area contributed by atoms with Crippen LogP contribution in [0, 0.1) is 5.92 Å². The molecule has 0 saturated carbocycles. The molecule has 0 aromatic heterocycles. The van der Waals surface area contributed by atoms with E-state index >= 15 is 0 Å². The van der Waals surface area contributed by atoms with E-state index in [9.17, 15) is 0 Å². The molecule has 0 aromatic carbocycles. The minimum Gasteiger partial charge on any atom is -0.102 e. The van der Waals surface area contributed by atoms with E-state index in [0.717, 1.165) is 0 Å². The quantitative estimate of drug-likeness (QED) is 0.481. The van der Waals surface area contributed by atoms with E-state index in [1.807, 2.05) is 6.08 Å². The number of allylic oxidation sites excluding steroid dienone is 7. The van der Waals surface area contributed by atoms with Crippen molar-refractivity contribution in [3.05, 3.63) is 48.6 Å². The molecule has 0 bridgehead atoms. The molecule has 0 heteroatoms. The van der Waals surface area contributed by atoms with Gasteiger partial charge in [0.15, 0.2) is 0 Å². The smallest absolute Gasteiger partial charge is 0.0131 e. The monoisotopic (exact) mass is 132 g/mol. The Bertz CT molecular complexity index is 204. The summed E-state index contributed by atoms with van der Waals surface area (Å²) >= 11 is 0. The summed E-state index contributed by atoms with van der Waals surface area (Å²) in [6, 6.07) is 0. The second-order valence-electron chi connectivity index (χ2n) is 2.47. The Balaban J connectivity index is 2.76. The molecular formula is C10H12. The first-order valence-electron chi connectivity index (χ1n) is 3.49. The van der Waals surface area contributed by atoms with Crippen molar-refractivity contribution >= 4 is 0 Å². The topological polar surface area (TPSA) is 0 Å². The molecule has 0 saturated heterocycles. The zero-order valence-corrected chi connectivity index (χ0v) is 6.25. The van der Waals surface area contributed by atoms with E-state index in [4.69, 9.17) is 0 Å². The SMILES string of the molecule is C=CC1C=CC=C(C)C=C1. The van der Waals surface area contributed by atoms with Crippen LogP contribution < -0.4 is 0 Å². The summed E-state index contributed by atoms with van der Waals surface area (Å²) in [6.07, 6.45) is 12.5. The lowest BCUT2D eigenvalue weighted by atomic mass is 10.1. The van der Waals surface area contributed by atoms with Gasteiger partial charge in [-0.3, -0.25) is 0 Å². The number of hydrogen-bond acceptors (Lipinski definition) is 0. The zero-order chi connectivity index (χ0) is 7.40. The molecule has 0 heterocycles. The fourth-order valence-electron chi connectivity index (χ4n) is 0.875. The Kier molecular flexibility index (Phi) is 2.27. The predicted octanol–water partition coefficient (Wildman–Crippen LogP) is 2.86. The second-order valence-corrected chi connectivity index (χ2v) is 2.47. The van der Waals surface area contributed by atoms with Crippen LogP contribution in [0.2, 0.25) is 0 Å². The fourth-order valence-corrected chi connectivity index (χ4v) is 0.875. The maximum absolute atomic E-state index is 3.73. The van der Waals surface area contributed by atoms with Crippen LogP contribution in [0.15, 0.2) is 48.6 Å². The molecule has 0 amide bonds. The summed E-state index contributed by atoms with van der Waals surface area (Å²) in [5, 5.41) is 0. The van der Waals surface area contributed by atoms with Crippen molar-refractivity contribution in [2.45, 2.75) is 6.92 Å². The van der Waals surface area contributed by atoms with Crippen molar-refractivity contribution < 1.29 is 0 Å². The predicted molar refractivity (Wildman–Crippen MR) is 45.7 cm³/mol. The van der Waals surface area contributed by atoms with Crippen molar-refractivity contribution in [1.82, 2.24) is 0 Å². The van der Waals surface area contributed by atoms with Crippen molar-refractivity contribution in [2.75, 3.05) is 0 Å². The van der Waals surface area contributed by atoms with Crippen LogP contribution in [0.1, 0.15) is 6.92 Å². The van der Waals surface area contributed by atoms with Crippen molar-refractivity contribution in [2.24, 2.45) is 5.92 Å². The molecule has 1 aliphatic carbocycles. The third kappa shape index (κ3) is 1.73. The molecule has 10 heavy (non-hydrogen) atoms. The van der Waals surface area contributed by atoms with Crippen LogP contribution in [0.25, 0.3) is 0 Å². The first-order valence-corrected chi connectivity index (χ1v) is 3.49. The first-order chi connectivity index (χ1) is 4.83. The van der Waals surface area contributed by atoms with E-state index < -0.39 is 0 Å². The van der Waals surface area contributed by atoms with Gasteiger partial charge in [0.1, 0.15) is 0 Å². The normalized spacial score (nSPS) is 23.7. The second kappa shape index (κ2) is 3.21. The van der Waals surface area contributed by atoms with Crippen molar-refractivity contribution in [3.63, 3.8) is 0 Å². The van der Waals surface area contributed by atoms with Crippen molar-refractivity contribution in [1.29, 1.82) is 0 Å². The van der Waals surface area contributed by atoms with Crippen LogP contribution in [0.4, 0.5) is 0 Å². The highest BCUT2D eigenvalue weighted by Crippen LogP contribution is 2.09. The van der Waals surface area contributed by atoms with E-state index in [-0.39, 0.29) is 0 Å². The maximum atomic E-state index is 3.73. The van der Waals surface area contributed by atoms with E-state index in [0.29, 0.717) is 5.92 Å². The van der Waals surface area contributed by atoms with Gasteiger partial charge in [-0.1, -0.05) is 42.0 Å². The van der Waals surface area contributed by atoms with Crippen LogP contribution in [0.5, 0.6) is 0 Å². The summed E-state index contributed by atoms with van der Waals surface area (Å²) in [5.41, 5.74) is 1.29. The molecule has 1 atom stereocenters. The number of hydrogen-bond donors (Lipinski definition) is 0. The summed E-state index contributed by atoms with van der Waals surface area (Å²) < 4.78 is 0. The molecular weight excluding hydrogens is 120 g/mol. The highest BCUT2D eigenvalue weighted by Gasteiger charge is 1.93. The lowest BCUT2D eigenvalue weighted by Crippen LogP contribution is -1.81.